The molecule has 5 rings (SSSR count). The van der Waals surface area contributed by atoms with Crippen LogP contribution in [0.15, 0.2) is 146 Å². The first-order valence-electron chi connectivity index (χ1n) is 15.3. The summed E-state index contributed by atoms with van der Waals surface area (Å²) in [6.45, 7) is 0.0238. The molecule has 0 aliphatic heterocycles. The van der Waals surface area contributed by atoms with Crippen LogP contribution in [-0.2, 0) is 4.74 Å². The van der Waals surface area contributed by atoms with Crippen LogP contribution in [0, 0.1) is 0 Å². The Morgan fingerprint density at radius 2 is 0.958 bits per heavy atom. The van der Waals surface area contributed by atoms with Gasteiger partial charge in [-0.25, -0.2) is 4.79 Å². The van der Waals surface area contributed by atoms with Gasteiger partial charge in [0.05, 0.1) is 12.7 Å². The van der Waals surface area contributed by atoms with Crippen LogP contribution in [0.1, 0.15) is 42.2 Å². The Labute approximate surface area is 279 Å². The first-order chi connectivity index (χ1) is 23.5. The third-order valence-corrected chi connectivity index (χ3v) is 7.20. The molecule has 48 heavy (non-hydrogen) atoms. The third kappa shape index (κ3) is 9.89. The molecule has 240 valence electrons. The molecule has 0 fully saturated rings. The summed E-state index contributed by atoms with van der Waals surface area (Å²) in [4.78, 5) is 38.0. The molecule has 0 aromatic heterocycles. The number of esters is 1. The summed E-state index contributed by atoms with van der Waals surface area (Å²) in [5.41, 5.74) is 3.25. The van der Waals surface area contributed by atoms with Gasteiger partial charge in [0.15, 0.2) is 17.7 Å². The summed E-state index contributed by atoms with van der Waals surface area (Å²) >= 11 is 0. The first kappa shape index (κ1) is 33.2. The molecule has 1 atom stereocenters. The number of methoxy groups -OCH3 is 1. The second-order valence-electron chi connectivity index (χ2n) is 10.6. The van der Waals surface area contributed by atoms with Crippen LogP contribution in [0.2, 0.25) is 0 Å². The highest BCUT2D eigenvalue weighted by Gasteiger charge is 2.19. The van der Waals surface area contributed by atoms with Crippen molar-refractivity contribution < 1.29 is 33.3 Å². The minimum Gasteiger partial charge on any atom is -0.497 e. The molecule has 5 aromatic rings. The highest BCUT2D eigenvalue weighted by atomic mass is 16.6. The van der Waals surface area contributed by atoms with Gasteiger partial charge in [0.25, 0.3) is 0 Å². The van der Waals surface area contributed by atoms with E-state index in [1.165, 1.54) is 12.2 Å². The number of carbonyl (C=O) groups excluding carboxylic acids is 3. The maximum atomic E-state index is 13.0. The van der Waals surface area contributed by atoms with Gasteiger partial charge in [-0.05, 0) is 83.9 Å². The van der Waals surface area contributed by atoms with Crippen molar-refractivity contribution in [2.45, 2.75) is 6.10 Å². The fraction of sp³-hybridized carbons (Fsp3) is 0.0976. The highest BCUT2D eigenvalue weighted by molar-refractivity contribution is 6.07. The van der Waals surface area contributed by atoms with E-state index in [1.807, 2.05) is 60.7 Å². The lowest BCUT2D eigenvalue weighted by molar-refractivity contribution is 0.00257. The molecule has 5 aromatic carbocycles. The zero-order valence-corrected chi connectivity index (χ0v) is 26.4. The lowest BCUT2D eigenvalue weighted by Gasteiger charge is -2.19. The van der Waals surface area contributed by atoms with Crippen LogP contribution in [0.3, 0.4) is 0 Å². The monoisotopic (exact) mass is 638 g/mol. The number of hydrogen-bond donors (Lipinski definition) is 0. The molecule has 0 heterocycles. The number of ether oxygens (including phenoxy) is 4. The Hall–Kier alpha value is -6.21. The first-order valence-corrected chi connectivity index (χ1v) is 15.3. The summed E-state index contributed by atoms with van der Waals surface area (Å²) in [5.74, 6) is 0.927. The number of rotatable bonds is 15. The van der Waals surface area contributed by atoms with Crippen molar-refractivity contribution in [3.8, 4) is 17.2 Å². The van der Waals surface area contributed by atoms with E-state index in [9.17, 15) is 14.4 Å². The Morgan fingerprint density at radius 1 is 0.521 bits per heavy atom. The lowest BCUT2D eigenvalue weighted by Crippen LogP contribution is -2.31. The van der Waals surface area contributed by atoms with Crippen LogP contribution in [-0.4, -0.2) is 44.0 Å². The summed E-state index contributed by atoms with van der Waals surface area (Å²) in [6.07, 6.45) is 5.81. The van der Waals surface area contributed by atoms with E-state index in [-0.39, 0.29) is 24.8 Å². The van der Waals surface area contributed by atoms with Gasteiger partial charge in [0.1, 0.15) is 30.5 Å². The Kier molecular flexibility index (Phi) is 11.7. The molecule has 0 unspecified atom stereocenters. The Morgan fingerprint density at radius 3 is 1.50 bits per heavy atom. The van der Waals surface area contributed by atoms with E-state index in [4.69, 9.17) is 18.9 Å². The van der Waals surface area contributed by atoms with Gasteiger partial charge in [-0.3, -0.25) is 9.59 Å². The number of benzene rings is 5. The van der Waals surface area contributed by atoms with Crippen molar-refractivity contribution in [1.82, 2.24) is 0 Å². The van der Waals surface area contributed by atoms with Gasteiger partial charge < -0.3 is 18.9 Å². The zero-order valence-electron chi connectivity index (χ0n) is 26.4. The van der Waals surface area contributed by atoms with E-state index < -0.39 is 12.1 Å². The quantitative estimate of drug-likeness (QED) is 0.0649. The summed E-state index contributed by atoms with van der Waals surface area (Å²) in [6, 6.07) is 39.2. The van der Waals surface area contributed by atoms with E-state index in [0.29, 0.717) is 33.9 Å². The Bertz CT molecular complexity index is 1840. The molecule has 0 amide bonds. The van der Waals surface area contributed by atoms with Crippen molar-refractivity contribution in [2.75, 3.05) is 20.3 Å². The van der Waals surface area contributed by atoms with Crippen LogP contribution in [0.4, 0.5) is 0 Å². The predicted molar refractivity (Wildman–Crippen MR) is 186 cm³/mol. The van der Waals surface area contributed by atoms with Gasteiger partial charge in [0.2, 0.25) is 0 Å². The molecule has 0 saturated heterocycles. The second-order valence-corrected chi connectivity index (χ2v) is 10.6. The molecule has 0 saturated carbocycles. The molecular formula is C41H34O7. The van der Waals surface area contributed by atoms with Gasteiger partial charge in [-0.2, -0.15) is 0 Å². The molecule has 0 aliphatic carbocycles. The Balaban J connectivity index is 1.20. The minimum atomic E-state index is -0.766. The molecule has 0 aliphatic rings. The predicted octanol–water partition coefficient (Wildman–Crippen LogP) is 8.17. The van der Waals surface area contributed by atoms with Crippen molar-refractivity contribution in [2.24, 2.45) is 0 Å². The smallest absolute Gasteiger partial charge is 0.338 e. The van der Waals surface area contributed by atoms with Gasteiger partial charge in [-0.1, -0.05) is 84.9 Å². The zero-order chi connectivity index (χ0) is 33.6. The van der Waals surface area contributed by atoms with Crippen LogP contribution < -0.4 is 14.2 Å². The molecule has 7 heteroatoms. The average Bonchev–Trinajstić information content (AvgIpc) is 3.15. The molecular weight excluding hydrogens is 604 g/mol. The van der Waals surface area contributed by atoms with Crippen LogP contribution in [0.25, 0.3) is 12.2 Å². The van der Waals surface area contributed by atoms with E-state index in [2.05, 4.69) is 0 Å². The van der Waals surface area contributed by atoms with Crippen molar-refractivity contribution in [3.63, 3.8) is 0 Å². The molecule has 0 radical (unpaired) electrons. The number of carbonyl (C=O) groups is 3. The maximum absolute atomic E-state index is 13.0. The molecule has 0 N–H and O–H groups in total. The standard InChI is InChI=1S/C41H34O7/c1-45-35-22-18-34(19-23-35)41(44)48-38(28-46-36-20-12-31(13-21-36)15-27-39(42)32-10-6-3-7-11-32)29-47-37-24-16-33(17-25-37)40(43)26-14-30-8-4-2-5-9-30/h2-27,38H,28-29H2,1H3/b26-14+,27-15-/t38-/m1/s1. The number of hydrogen-bond acceptors (Lipinski definition) is 7. The SMILES string of the molecule is COc1ccc(C(=O)O[C@H](COc2ccc(/C=C\C(=O)c3ccccc3)cc2)COc2ccc(C(=O)/C=C/c3ccccc3)cc2)cc1. The highest BCUT2D eigenvalue weighted by Crippen LogP contribution is 2.18. The fourth-order valence-electron chi connectivity index (χ4n) is 4.53. The lowest BCUT2D eigenvalue weighted by atomic mass is 10.1. The normalized spacial score (nSPS) is 11.6. The van der Waals surface area contributed by atoms with E-state index in [0.717, 1.165) is 11.1 Å². The van der Waals surface area contributed by atoms with Crippen LogP contribution in [0.5, 0.6) is 17.2 Å². The second kappa shape index (κ2) is 16.9. The van der Waals surface area contributed by atoms with Crippen molar-refractivity contribution >= 4 is 29.7 Å². The van der Waals surface area contributed by atoms with Crippen molar-refractivity contribution in [3.05, 3.63) is 173 Å². The third-order valence-electron chi connectivity index (χ3n) is 7.20. The van der Waals surface area contributed by atoms with Crippen LogP contribution >= 0.6 is 0 Å². The summed E-state index contributed by atoms with van der Waals surface area (Å²) in [5, 5.41) is 0. The molecule has 0 spiro atoms. The van der Waals surface area contributed by atoms with Gasteiger partial charge in [-0.15, -0.1) is 0 Å². The summed E-state index contributed by atoms with van der Waals surface area (Å²) < 4.78 is 22.9. The largest absolute Gasteiger partial charge is 0.497 e. The van der Waals surface area contributed by atoms with E-state index in [1.54, 1.807) is 92.1 Å². The van der Waals surface area contributed by atoms with E-state index >= 15 is 0 Å². The minimum absolute atomic E-state index is 0.00547. The fourth-order valence-corrected chi connectivity index (χ4v) is 4.53. The summed E-state index contributed by atoms with van der Waals surface area (Å²) in [7, 11) is 1.55. The van der Waals surface area contributed by atoms with Gasteiger partial charge in [0, 0.05) is 11.1 Å². The van der Waals surface area contributed by atoms with Gasteiger partial charge >= 0.3 is 5.97 Å². The molecule has 0 bridgehead atoms. The topological polar surface area (TPSA) is 88.1 Å². The maximum Gasteiger partial charge on any atom is 0.338 e. The number of allylic oxidation sites excluding steroid dienone is 2. The van der Waals surface area contributed by atoms with Crippen molar-refractivity contribution in [1.29, 1.82) is 0 Å². The number of ketones is 2. The average molecular weight is 639 g/mol. The molecule has 7 nitrogen and oxygen atoms in total.